The second-order valence-corrected chi connectivity index (χ2v) is 8.05. The van der Waals surface area contributed by atoms with E-state index in [4.69, 9.17) is 11.6 Å². The van der Waals surface area contributed by atoms with Crippen molar-refractivity contribution in [3.8, 4) is 0 Å². The van der Waals surface area contributed by atoms with Gasteiger partial charge in [0.15, 0.2) is 5.78 Å². The van der Waals surface area contributed by atoms with Crippen molar-refractivity contribution in [2.75, 3.05) is 10.6 Å². The van der Waals surface area contributed by atoms with Crippen LogP contribution >= 0.6 is 11.6 Å². The first kappa shape index (κ1) is 20.1. The van der Waals surface area contributed by atoms with Gasteiger partial charge >= 0.3 is 0 Å². The van der Waals surface area contributed by atoms with Crippen molar-refractivity contribution in [1.29, 1.82) is 0 Å². The summed E-state index contributed by atoms with van der Waals surface area (Å²) in [5, 5.41) is 6.85. The molecule has 1 aliphatic heterocycles. The van der Waals surface area contributed by atoms with Gasteiger partial charge in [0.1, 0.15) is 11.2 Å². The van der Waals surface area contributed by atoms with Gasteiger partial charge in [0.25, 0.3) is 5.91 Å². The molecule has 5 rings (SSSR count). The number of aromatic nitrogens is 1. The molecule has 5 nitrogen and oxygen atoms in total. The Kier molecular flexibility index (Phi) is 5.25. The second kappa shape index (κ2) is 8.36. The van der Waals surface area contributed by atoms with Gasteiger partial charge in [-0.1, -0.05) is 48.0 Å². The van der Waals surface area contributed by atoms with Crippen LogP contribution in [0.4, 0.5) is 11.4 Å². The van der Waals surface area contributed by atoms with Crippen molar-refractivity contribution in [2.45, 2.75) is 12.6 Å². The van der Waals surface area contributed by atoms with Gasteiger partial charge in [-0.05, 0) is 60.2 Å². The molecule has 0 radical (unpaired) electrons. The van der Waals surface area contributed by atoms with E-state index < -0.39 is 6.04 Å². The Balaban J connectivity index is 1.41. The Morgan fingerprint density at radius 1 is 0.844 bits per heavy atom. The highest BCUT2D eigenvalue weighted by Gasteiger charge is 2.29. The van der Waals surface area contributed by atoms with E-state index in [1.165, 1.54) is 0 Å². The molecule has 32 heavy (non-hydrogen) atoms. The average Bonchev–Trinajstić information content (AvgIpc) is 3.09. The largest absolute Gasteiger partial charge is 0.370 e. The van der Waals surface area contributed by atoms with Gasteiger partial charge in [-0.3, -0.25) is 9.59 Å². The highest BCUT2D eigenvalue weighted by atomic mass is 35.5. The number of amides is 1. The van der Waals surface area contributed by atoms with Crippen molar-refractivity contribution >= 4 is 34.7 Å². The first-order chi connectivity index (χ1) is 15.6. The SMILES string of the molecule is O=C(Nc1ccc(C(=O)C2Nc3ccccc3Cn3c(Cl)ccc32)cc1)c1ccccc1. The van der Waals surface area contributed by atoms with Gasteiger partial charge in [-0.25, -0.2) is 0 Å². The molecular formula is C26H20ClN3O2. The van der Waals surface area contributed by atoms with Crippen LogP contribution in [0.3, 0.4) is 0 Å². The van der Waals surface area contributed by atoms with Crippen LogP contribution < -0.4 is 10.6 Å². The van der Waals surface area contributed by atoms with Gasteiger partial charge < -0.3 is 15.2 Å². The third-order valence-corrected chi connectivity index (χ3v) is 5.96. The molecule has 2 heterocycles. The Morgan fingerprint density at radius 2 is 1.56 bits per heavy atom. The molecule has 4 aromatic rings. The smallest absolute Gasteiger partial charge is 0.255 e. The molecule has 1 unspecified atom stereocenters. The fourth-order valence-electron chi connectivity index (χ4n) is 3.95. The molecule has 1 aromatic heterocycles. The molecule has 1 aliphatic rings. The molecule has 0 aliphatic carbocycles. The Labute approximate surface area is 190 Å². The number of anilines is 2. The summed E-state index contributed by atoms with van der Waals surface area (Å²) >= 11 is 6.42. The second-order valence-electron chi connectivity index (χ2n) is 7.66. The normalized spacial score (nSPS) is 14.5. The predicted octanol–water partition coefficient (Wildman–Crippen LogP) is 5.79. The zero-order chi connectivity index (χ0) is 22.1. The Morgan fingerprint density at radius 3 is 2.34 bits per heavy atom. The number of rotatable bonds is 4. The zero-order valence-electron chi connectivity index (χ0n) is 17.1. The van der Waals surface area contributed by atoms with Crippen LogP contribution in [-0.2, 0) is 6.54 Å². The monoisotopic (exact) mass is 441 g/mol. The zero-order valence-corrected chi connectivity index (χ0v) is 17.8. The number of ketones is 1. The van der Waals surface area contributed by atoms with Crippen LogP contribution in [0.15, 0.2) is 91.0 Å². The van der Waals surface area contributed by atoms with Crippen LogP contribution in [0, 0.1) is 0 Å². The van der Waals surface area contributed by atoms with Crippen LogP contribution in [0.2, 0.25) is 5.15 Å². The molecule has 158 valence electrons. The summed E-state index contributed by atoms with van der Waals surface area (Å²) in [4.78, 5) is 25.9. The quantitative estimate of drug-likeness (QED) is 0.394. The minimum Gasteiger partial charge on any atom is -0.370 e. The lowest BCUT2D eigenvalue weighted by Gasteiger charge is -2.18. The molecular weight excluding hydrogens is 422 g/mol. The lowest BCUT2D eigenvalue weighted by Crippen LogP contribution is -2.22. The van der Waals surface area contributed by atoms with Gasteiger partial charge in [-0.2, -0.15) is 0 Å². The number of carbonyl (C=O) groups excluding carboxylic acids is 2. The molecule has 2 N–H and O–H groups in total. The van der Waals surface area contributed by atoms with E-state index in [-0.39, 0.29) is 11.7 Å². The molecule has 6 heteroatoms. The number of fused-ring (bicyclic) bond motifs is 2. The molecule has 1 atom stereocenters. The van der Waals surface area contributed by atoms with Crippen molar-refractivity contribution in [3.63, 3.8) is 0 Å². The average molecular weight is 442 g/mol. The van der Waals surface area contributed by atoms with Crippen molar-refractivity contribution in [3.05, 3.63) is 119 Å². The summed E-state index contributed by atoms with van der Waals surface area (Å²) in [7, 11) is 0. The number of para-hydroxylation sites is 1. The van der Waals surface area contributed by atoms with E-state index >= 15 is 0 Å². The molecule has 3 aromatic carbocycles. The lowest BCUT2D eigenvalue weighted by atomic mass is 10.0. The minimum atomic E-state index is -0.573. The lowest BCUT2D eigenvalue weighted by molar-refractivity contribution is 0.0966. The van der Waals surface area contributed by atoms with Crippen LogP contribution in [0.25, 0.3) is 0 Å². The number of hydrogen-bond donors (Lipinski definition) is 2. The summed E-state index contributed by atoms with van der Waals surface area (Å²) in [6.45, 7) is 0.596. The van der Waals surface area contributed by atoms with Crippen LogP contribution in [-0.4, -0.2) is 16.3 Å². The highest BCUT2D eigenvalue weighted by Crippen LogP contribution is 2.33. The fourth-order valence-corrected chi connectivity index (χ4v) is 4.17. The van der Waals surface area contributed by atoms with E-state index in [2.05, 4.69) is 10.6 Å². The molecule has 0 saturated heterocycles. The molecule has 0 spiro atoms. The Hall–Kier alpha value is -3.83. The van der Waals surface area contributed by atoms with E-state index in [9.17, 15) is 9.59 Å². The summed E-state index contributed by atoms with van der Waals surface area (Å²) in [6, 6.07) is 27.0. The molecule has 1 amide bonds. The minimum absolute atomic E-state index is 0.0707. The van der Waals surface area contributed by atoms with Gasteiger partial charge in [0.2, 0.25) is 0 Å². The maximum Gasteiger partial charge on any atom is 0.255 e. The van der Waals surface area contributed by atoms with Gasteiger partial charge in [0.05, 0.1) is 6.54 Å². The van der Waals surface area contributed by atoms with Gasteiger partial charge in [0, 0.05) is 28.2 Å². The van der Waals surface area contributed by atoms with E-state index in [0.717, 1.165) is 16.9 Å². The first-order valence-corrected chi connectivity index (χ1v) is 10.7. The number of nitrogens with one attached hydrogen (secondary N) is 2. The maximum absolute atomic E-state index is 13.5. The van der Waals surface area contributed by atoms with E-state index in [1.54, 1.807) is 36.4 Å². The van der Waals surface area contributed by atoms with Crippen LogP contribution in [0.5, 0.6) is 0 Å². The standard InChI is InChI=1S/C26H20ClN3O2/c27-23-15-14-22-24(29-21-9-5-4-8-19(21)16-30(22)23)25(31)17-10-12-20(13-11-17)28-26(32)18-6-2-1-3-7-18/h1-15,24,29H,16H2,(H,28,32). The van der Waals surface area contributed by atoms with E-state index in [0.29, 0.717) is 28.5 Å². The van der Waals surface area contributed by atoms with Crippen molar-refractivity contribution in [1.82, 2.24) is 4.57 Å². The number of halogens is 1. The topological polar surface area (TPSA) is 63.1 Å². The summed E-state index contributed by atoms with van der Waals surface area (Å²) in [5.74, 6) is -0.266. The summed E-state index contributed by atoms with van der Waals surface area (Å²) < 4.78 is 1.96. The number of Topliss-reactive ketones (excluding diaryl/α,β-unsaturated/α-hetero) is 1. The predicted molar refractivity (Wildman–Crippen MR) is 127 cm³/mol. The maximum atomic E-state index is 13.5. The number of hydrogen-bond acceptors (Lipinski definition) is 3. The molecule has 0 fully saturated rings. The molecule has 0 bridgehead atoms. The first-order valence-electron chi connectivity index (χ1n) is 10.3. The molecule has 0 saturated carbocycles. The third kappa shape index (κ3) is 3.79. The number of nitrogens with zero attached hydrogens (tertiary/aromatic N) is 1. The van der Waals surface area contributed by atoms with Crippen LogP contribution in [0.1, 0.15) is 38.0 Å². The van der Waals surface area contributed by atoms with Crippen molar-refractivity contribution in [2.24, 2.45) is 0 Å². The number of carbonyl (C=O) groups is 2. The Bertz CT molecular complexity index is 1300. The van der Waals surface area contributed by atoms with Gasteiger partial charge in [-0.15, -0.1) is 0 Å². The third-order valence-electron chi connectivity index (χ3n) is 5.63. The summed E-state index contributed by atoms with van der Waals surface area (Å²) in [6.07, 6.45) is 0. The number of benzene rings is 3. The van der Waals surface area contributed by atoms with E-state index in [1.807, 2.05) is 59.2 Å². The fraction of sp³-hybridized carbons (Fsp3) is 0.0769. The van der Waals surface area contributed by atoms with Crippen molar-refractivity contribution < 1.29 is 9.59 Å². The highest BCUT2D eigenvalue weighted by molar-refractivity contribution is 6.29. The summed E-state index contributed by atoms with van der Waals surface area (Å²) in [5.41, 5.74) is 4.55.